The molecular weight excluding hydrogens is 462 g/mol. The average Bonchev–Trinajstić information content (AvgIpc) is 3.57. The van der Waals surface area contributed by atoms with E-state index in [4.69, 9.17) is 0 Å². The number of nitrogens with one attached hydrogen (secondary N) is 4. The van der Waals surface area contributed by atoms with Crippen molar-refractivity contribution in [3.05, 3.63) is 71.8 Å². The highest BCUT2D eigenvalue weighted by molar-refractivity contribution is 7.98. The number of benzene rings is 1. The van der Waals surface area contributed by atoms with Gasteiger partial charge in [0.15, 0.2) is 0 Å². The molecule has 0 aliphatic rings. The first-order valence-corrected chi connectivity index (χ1v) is 11.7. The number of H-pyrrole nitrogens is 2. The maximum absolute atomic E-state index is 11.4. The van der Waals surface area contributed by atoms with E-state index in [0.29, 0.717) is 51.9 Å². The van der Waals surface area contributed by atoms with Crippen molar-refractivity contribution in [3.63, 3.8) is 0 Å². The molecule has 0 aliphatic carbocycles. The number of rotatable bonds is 9. The van der Waals surface area contributed by atoms with Crippen molar-refractivity contribution in [2.24, 2.45) is 0 Å². The lowest BCUT2D eigenvalue weighted by atomic mass is 9.96. The molecule has 0 unspecified atom stereocenters. The molecule has 10 nitrogen and oxygen atoms in total. The van der Waals surface area contributed by atoms with E-state index in [1.54, 1.807) is 43.0 Å². The van der Waals surface area contributed by atoms with Gasteiger partial charge >= 0.3 is 0 Å². The summed E-state index contributed by atoms with van der Waals surface area (Å²) < 4.78 is 0. The molecule has 1 amide bonds. The Hall–Kier alpha value is -4.61. The summed E-state index contributed by atoms with van der Waals surface area (Å²) in [6.45, 7) is 1.93. The molecule has 11 heteroatoms. The zero-order valence-electron chi connectivity index (χ0n) is 18.8. The Morgan fingerprint density at radius 3 is 2.57 bits per heavy atom. The molecule has 0 bridgehead atoms. The number of pyridine rings is 1. The molecule has 0 aliphatic heterocycles. The molecule has 0 radical (unpaired) electrons. The van der Waals surface area contributed by atoms with Crippen LogP contribution in [-0.2, 0) is 17.0 Å². The van der Waals surface area contributed by atoms with Crippen molar-refractivity contribution in [2.45, 2.75) is 24.1 Å². The maximum atomic E-state index is 11.4. The third-order valence-electron chi connectivity index (χ3n) is 5.01. The Bertz CT molecular complexity index is 1380. The van der Waals surface area contributed by atoms with E-state index in [0.717, 1.165) is 11.5 Å². The second-order valence-electron chi connectivity index (χ2n) is 7.43. The summed E-state index contributed by atoms with van der Waals surface area (Å²) in [5.74, 6) is 1.44. The minimum atomic E-state index is -0.183. The van der Waals surface area contributed by atoms with E-state index in [1.165, 1.54) is 18.7 Å². The zero-order chi connectivity index (χ0) is 24.6. The largest absolute Gasteiger partial charge is 0.369 e. The van der Waals surface area contributed by atoms with Gasteiger partial charge in [-0.05, 0) is 17.7 Å². The second-order valence-corrected chi connectivity index (χ2v) is 8.40. The molecule has 4 N–H and O–H groups in total. The summed E-state index contributed by atoms with van der Waals surface area (Å²) in [6, 6.07) is 11.5. The number of carbonyl (C=O) groups excluding carboxylic acids is 1. The quantitative estimate of drug-likeness (QED) is 0.261. The van der Waals surface area contributed by atoms with Crippen LogP contribution in [-0.4, -0.2) is 37.4 Å². The molecule has 4 rings (SSSR count). The lowest BCUT2D eigenvalue weighted by molar-refractivity contribution is -0.114. The fourth-order valence-corrected chi connectivity index (χ4v) is 4.35. The van der Waals surface area contributed by atoms with Crippen molar-refractivity contribution in [3.8, 4) is 23.3 Å². The highest BCUT2D eigenvalue weighted by atomic mass is 32.2. The molecule has 3 aromatic heterocycles. The van der Waals surface area contributed by atoms with Gasteiger partial charge in [0.05, 0.1) is 23.3 Å². The third-order valence-corrected chi connectivity index (χ3v) is 6.00. The van der Waals surface area contributed by atoms with Crippen LogP contribution in [0.2, 0.25) is 0 Å². The number of aromatic amines is 2. The molecule has 0 saturated carbocycles. The van der Waals surface area contributed by atoms with Crippen LogP contribution >= 0.6 is 11.8 Å². The van der Waals surface area contributed by atoms with Gasteiger partial charge in [0, 0.05) is 49.7 Å². The zero-order valence-corrected chi connectivity index (χ0v) is 19.6. The lowest BCUT2D eigenvalue weighted by Crippen LogP contribution is -2.11. The fraction of sp³-hybridized carbons (Fsp3) is 0.167. The number of nitriles is 2. The minimum Gasteiger partial charge on any atom is -0.369 e. The van der Waals surface area contributed by atoms with Crippen LogP contribution in [0.4, 0.5) is 11.5 Å². The van der Waals surface area contributed by atoms with E-state index in [9.17, 15) is 15.3 Å². The summed E-state index contributed by atoms with van der Waals surface area (Å²) in [5, 5.41) is 26.6. The van der Waals surface area contributed by atoms with Crippen LogP contribution < -0.4 is 10.6 Å². The normalized spacial score (nSPS) is 10.4. The molecule has 174 valence electrons. The second kappa shape index (κ2) is 11.0. The van der Waals surface area contributed by atoms with Crippen LogP contribution in [0.5, 0.6) is 0 Å². The van der Waals surface area contributed by atoms with Crippen LogP contribution in [0.15, 0.2) is 54.2 Å². The van der Waals surface area contributed by atoms with Gasteiger partial charge in [-0.15, -0.1) is 0 Å². The molecule has 0 fully saturated rings. The number of aromatic nitrogens is 5. The molecule has 0 saturated heterocycles. The van der Waals surface area contributed by atoms with Crippen molar-refractivity contribution >= 4 is 29.2 Å². The minimum absolute atomic E-state index is 0.183. The third kappa shape index (κ3) is 5.66. The molecule has 1 aromatic carbocycles. The molecule has 35 heavy (non-hydrogen) atoms. The Morgan fingerprint density at radius 1 is 1.14 bits per heavy atom. The van der Waals surface area contributed by atoms with Crippen LogP contribution in [0, 0.1) is 22.7 Å². The van der Waals surface area contributed by atoms with E-state index < -0.39 is 0 Å². The summed E-state index contributed by atoms with van der Waals surface area (Å²) in [5.41, 5.74) is 3.25. The summed E-state index contributed by atoms with van der Waals surface area (Å²) >= 11 is 1.36. The SMILES string of the molecule is CC(=O)Nc1ccc(-c2c(C#N)c(NCCc3c[nH]cn3)nc(SCc3ncc[nH]3)c2C#N)cc1. The summed E-state index contributed by atoms with van der Waals surface area (Å²) in [7, 11) is 0. The van der Waals surface area contributed by atoms with Crippen molar-refractivity contribution in [1.82, 2.24) is 24.9 Å². The van der Waals surface area contributed by atoms with E-state index >= 15 is 0 Å². The molecule has 4 aromatic rings. The molecule has 3 heterocycles. The van der Waals surface area contributed by atoms with Crippen molar-refractivity contribution < 1.29 is 4.79 Å². The number of carbonyl (C=O) groups is 1. The number of thioether (sulfide) groups is 1. The Morgan fingerprint density at radius 2 is 1.94 bits per heavy atom. The number of hydrogen-bond donors (Lipinski definition) is 4. The predicted octanol–water partition coefficient (Wildman–Crippen LogP) is 3.84. The van der Waals surface area contributed by atoms with Gasteiger partial charge in [-0.2, -0.15) is 10.5 Å². The number of imidazole rings is 2. The topological polar surface area (TPSA) is 159 Å². The van der Waals surface area contributed by atoms with Gasteiger partial charge in [0.25, 0.3) is 0 Å². The van der Waals surface area contributed by atoms with E-state index in [1.807, 2.05) is 6.20 Å². The highest BCUT2D eigenvalue weighted by Gasteiger charge is 2.22. The average molecular weight is 484 g/mol. The van der Waals surface area contributed by atoms with Gasteiger partial charge < -0.3 is 20.6 Å². The van der Waals surface area contributed by atoms with Gasteiger partial charge in [-0.25, -0.2) is 15.0 Å². The first kappa shape index (κ1) is 23.5. The summed E-state index contributed by atoms with van der Waals surface area (Å²) in [4.78, 5) is 30.5. The Kier molecular flexibility index (Phi) is 7.40. The smallest absolute Gasteiger partial charge is 0.221 e. The van der Waals surface area contributed by atoms with Crippen molar-refractivity contribution in [2.75, 3.05) is 17.2 Å². The van der Waals surface area contributed by atoms with Gasteiger partial charge in [-0.1, -0.05) is 23.9 Å². The maximum Gasteiger partial charge on any atom is 0.221 e. The monoisotopic (exact) mass is 483 g/mol. The van der Waals surface area contributed by atoms with Gasteiger partial charge in [0.2, 0.25) is 5.91 Å². The van der Waals surface area contributed by atoms with Gasteiger partial charge in [-0.3, -0.25) is 4.79 Å². The molecule has 0 spiro atoms. The first-order valence-electron chi connectivity index (χ1n) is 10.7. The van der Waals surface area contributed by atoms with E-state index in [2.05, 4.69) is 47.7 Å². The number of hydrogen-bond acceptors (Lipinski definition) is 8. The lowest BCUT2D eigenvalue weighted by Gasteiger charge is -2.16. The number of amides is 1. The van der Waals surface area contributed by atoms with E-state index in [-0.39, 0.29) is 11.5 Å². The summed E-state index contributed by atoms with van der Waals surface area (Å²) in [6.07, 6.45) is 7.45. The van der Waals surface area contributed by atoms with Crippen molar-refractivity contribution in [1.29, 1.82) is 10.5 Å². The highest BCUT2D eigenvalue weighted by Crippen LogP contribution is 2.37. The van der Waals surface area contributed by atoms with Crippen LogP contribution in [0.25, 0.3) is 11.1 Å². The first-order chi connectivity index (χ1) is 17.1. The molecular formula is C24H21N9OS. The molecule has 0 atom stereocenters. The standard InChI is InChI=1S/C24H21N9OS/c1-15(34)32-17-4-2-16(3-5-17)22-19(10-25)23(30-7-6-18-12-27-14-31-18)33-24(20(22)11-26)35-13-21-28-8-9-29-21/h2-5,8-9,12,14H,6-7,13H2,1H3,(H,27,31)(H,28,29)(H,30,33)(H,32,34). The van der Waals surface area contributed by atoms with Crippen LogP contribution in [0.1, 0.15) is 29.6 Å². The number of nitrogens with zero attached hydrogens (tertiary/aromatic N) is 5. The van der Waals surface area contributed by atoms with Crippen LogP contribution in [0.3, 0.4) is 0 Å². The Labute approximate surface area is 205 Å². The number of anilines is 2. The van der Waals surface area contributed by atoms with Gasteiger partial charge in [0.1, 0.15) is 34.4 Å². The fourth-order valence-electron chi connectivity index (χ4n) is 3.47. The predicted molar refractivity (Wildman–Crippen MR) is 132 cm³/mol. The Balaban J connectivity index is 1.74.